The third kappa shape index (κ3) is 10.5. The summed E-state index contributed by atoms with van der Waals surface area (Å²) in [4.78, 5) is 45.6. The predicted octanol–water partition coefficient (Wildman–Crippen LogP) is 6.72. The number of phenols is 2. The van der Waals surface area contributed by atoms with Crippen LogP contribution in [-0.4, -0.2) is 103 Å². The van der Waals surface area contributed by atoms with Gasteiger partial charge < -0.3 is 40.2 Å². The highest BCUT2D eigenvalue weighted by atomic mass is 32.2. The Morgan fingerprint density at radius 2 is 1.08 bits per heavy atom. The molecular formula is C43H45N7O8S2. The monoisotopic (exact) mass is 851 g/mol. The van der Waals surface area contributed by atoms with E-state index in [1.165, 1.54) is 52.0 Å². The maximum Gasteiger partial charge on any atom is 0.266 e. The topological polar surface area (TPSA) is 193 Å². The number of nitrogens with one attached hydrogen (secondary N) is 1. The molecule has 0 atom stereocenters. The fourth-order valence-electron chi connectivity index (χ4n) is 6.03. The summed E-state index contributed by atoms with van der Waals surface area (Å²) >= 11 is 2.50. The van der Waals surface area contributed by atoms with E-state index in [1.807, 2.05) is 60.7 Å². The SMILES string of the molecule is COc1cc(/C=C2\SC(=Nc3ccccc3)N(CCCCN=C(N)NCCN3C(=O)/C(=C/c4cc(OC)c(O)c(OC)c4)SC3=Nc3ccccc3)C2=O)cc(OC)c1O. The zero-order valence-corrected chi connectivity index (χ0v) is 35.1. The van der Waals surface area contributed by atoms with Gasteiger partial charge in [-0.3, -0.25) is 24.4 Å². The Hall–Kier alpha value is -6.59. The van der Waals surface area contributed by atoms with E-state index < -0.39 is 0 Å². The third-order valence-electron chi connectivity index (χ3n) is 9.05. The van der Waals surface area contributed by atoms with Crippen molar-refractivity contribution < 1.29 is 38.7 Å². The van der Waals surface area contributed by atoms with Crippen molar-refractivity contribution in [3.63, 3.8) is 0 Å². The van der Waals surface area contributed by atoms with Crippen molar-refractivity contribution in [2.24, 2.45) is 20.7 Å². The average Bonchev–Trinajstić information content (AvgIpc) is 3.70. The van der Waals surface area contributed by atoms with Crippen molar-refractivity contribution in [2.75, 3.05) is 54.6 Å². The molecular weight excluding hydrogens is 807 g/mol. The van der Waals surface area contributed by atoms with E-state index in [0.29, 0.717) is 75.1 Å². The summed E-state index contributed by atoms with van der Waals surface area (Å²) in [5, 5.41) is 24.9. The van der Waals surface area contributed by atoms with Crippen molar-refractivity contribution in [3.8, 4) is 34.5 Å². The molecule has 4 aromatic carbocycles. The number of nitrogens with two attached hydrogens (primary N) is 1. The van der Waals surface area contributed by atoms with Gasteiger partial charge in [0.25, 0.3) is 11.8 Å². The van der Waals surface area contributed by atoms with Gasteiger partial charge in [-0.2, -0.15) is 0 Å². The molecule has 2 aliphatic heterocycles. The van der Waals surface area contributed by atoms with Crippen LogP contribution in [0.2, 0.25) is 0 Å². The molecule has 2 aliphatic rings. The molecule has 0 radical (unpaired) electrons. The van der Waals surface area contributed by atoms with Crippen LogP contribution >= 0.6 is 23.5 Å². The second kappa shape index (κ2) is 20.4. The van der Waals surface area contributed by atoms with E-state index in [-0.39, 0.29) is 58.8 Å². The largest absolute Gasteiger partial charge is 0.502 e. The van der Waals surface area contributed by atoms with Crippen LogP contribution in [-0.2, 0) is 9.59 Å². The maximum absolute atomic E-state index is 13.7. The highest BCUT2D eigenvalue weighted by Gasteiger charge is 2.34. The molecule has 2 fully saturated rings. The normalized spacial score (nSPS) is 17.0. The van der Waals surface area contributed by atoms with Crippen LogP contribution in [0.15, 0.2) is 110 Å². The number of amides is 2. The highest BCUT2D eigenvalue weighted by molar-refractivity contribution is 8.19. The van der Waals surface area contributed by atoms with Gasteiger partial charge in [-0.25, -0.2) is 9.98 Å². The number of aromatic hydroxyl groups is 2. The third-order valence-corrected chi connectivity index (χ3v) is 11.1. The summed E-state index contributed by atoms with van der Waals surface area (Å²) in [6, 6.07) is 25.3. The van der Waals surface area contributed by atoms with Gasteiger partial charge >= 0.3 is 0 Å². The molecule has 2 heterocycles. The van der Waals surface area contributed by atoms with E-state index in [9.17, 15) is 19.8 Å². The van der Waals surface area contributed by atoms with E-state index >= 15 is 0 Å². The van der Waals surface area contributed by atoms with Crippen LogP contribution < -0.4 is 30.0 Å². The van der Waals surface area contributed by atoms with Crippen LogP contribution in [0.4, 0.5) is 11.4 Å². The second-order valence-corrected chi connectivity index (χ2v) is 15.1. The summed E-state index contributed by atoms with van der Waals surface area (Å²) in [5.74, 6) is 0.399. The molecule has 0 aliphatic carbocycles. The Balaban J connectivity index is 1.08. The molecule has 0 aromatic heterocycles. The number of thioether (sulfide) groups is 2. The van der Waals surface area contributed by atoms with Crippen molar-refractivity contribution in [2.45, 2.75) is 12.8 Å². The average molecular weight is 852 g/mol. The zero-order chi connectivity index (χ0) is 42.6. The first-order valence-corrected chi connectivity index (χ1v) is 20.4. The number of carbonyl (C=O) groups is 2. The minimum atomic E-state index is -0.247. The molecule has 2 saturated heterocycles. The van der Waals surface area contributed by atoms with Gasteiger partial charge in [0.05, 0.1) is 49.6 Å². The molecule has 2 amide bonds. The number of methoxy groups -OCH3 is 4. The first kappa shape index (κ1) is 43.0. The highest BCUT2D eigenvalue weighted by Crippen LogP contribution is 2.41. The fourth-order valence-corrected chi connectivity index (χ4v) is 8.08. The summed E-state index contributed by atoms with van der Waals surface area (Å²) in [6.07, 6.45) is 4.68. The van der Waals surface area contributed by atoms with Crippen molar-refractivity contribution in [1.82, 2.24) is 15.1 Å². The number of guanidine groups is 1. The molecule has 0 unspecified atom stereocenters. The quantitative estimate of drug-likeness (QED) is 0.0403. The number of aliphatic imine (C=N–C) groups is 3. The number of amidine groups is 2. The molecule has 0 spiro atoms. The fraction of sp³-hybridized carbons (Fsp3) is 0.233. The lowest BCUT2D eigenvalue weighted by Crippen LogP contribution is -2.40. The molecule has 5 N–H and O–H groups in total. The maximum atomic E-state index is 13.7. The molecule has 15 nitrogen and oxygen atoms in total. The predicted molar refractivity (Wildman–Crippen MR) is 238 cm³/mol. The summed E-state index contributed by atoms with van der Waals surface area (Å²) < 4.78 is 21.2. The Labute approximate surface area is 356 Å². The summed E-state index contributed by atoms with van der Waals surface area (Å²) in [5.41, 5.74) is 8.88. The van der Waals surface area contributed by atoms with E-state index in [1.54, 1.807) is 46.2 Å². The van der Waals surface area contributed by atoms with Gasteiger partial charge in [0.15, 0.2) is 39.3 Å². The lowest BCUT2D eigenvalue weighted by Gasteiger charge is -2.16. The van der Waals surface area contributed by atoms with E-state index in [4.69, 9.17) is 34.7 Å². The van der Waals surface area contributed by atoms with Crippen LogP contribution in [0.25, 0.3) is 12.2 Å². The van der Waals surface area contributed by atoms with Gasteiger partial charge in [0.2, 0.25) is 11.5 Å². The van der Waals surface area contributed by atoms with Gasteiger partial charge in [-0.05, 0) is 108 Å². The van der Waals surface area contributed by atoms with Crippen LogP contribution in [0.1, 0.15) is 24.0 Å². The van der Waals surface area contributed by atoms with E-state index in [2.05, 4.69) is 10.3 Å². The van der Waals surface area contributed by atoms with Gasteiger partial charge in [0, 0.05) is 26.2 Å². The molecule has 60 heavy (non-hydrogen) atoms. The molecule has 312 valence electrons. The molecule has 17 heteroatoms. The Morgan fingerprint density at radius 1 is 0.667 bits per heavy atom. The number of benzene rings is 4. The molecule has 6 rings (SSSR count). The van der Waals surface area contributed by atoms with Crippen LogP contribution in [0.3, 0.4) is 0 Å². The van der Waals surface area contributed by atoms with E-state index in [0.717, 1.165) is 0 Å². The first-order valence-electron chi connectivity index (χ1n) is 18.8. The second-order valence-electron chi connectivity index (χ2n) is 13.0. The number of unbranched alkanes of at least 4 members (excludes halogenated alkanes) is 1. The number of para-hydroxylation sites is 2. The Kier molecular flexibility index (Phi) is 14.6. The minimum absolute atomic E-state index is 0.125. The van der Waals surface area contributed by atoms with Crippen molar-refractivity contribution in [3.05, 3.63) is 106 Å². The number of phenolic OH excluding ortho intramolecular Hbond substituents is 2. The number of carbonyl (C=O) groups excluding carboxylic acids is 2. The van der Waals surface area contributed by atoms with Gasteiger partial charge in [-0.1, -0.05) is 36.4 Å². The zero-order valence-electron chi connectivity index (χ0n) is 33.5. The summed E-state index contributed by atoms with van der Waals surface area (Å²) in [7, 11) is 5.77. The smallest absolute Gasteiger partial charge is 0.266 e. The number of hydrogen-bond acceptors (Lipinski definition) is 13. The molecule has 0 bridgehead atoms. The lowest BCUT2D eigenvalue weighted by atomic mass is 10.1. The van der Waals surface area contributed by atoms with Crippen LogP contribution in [0.5, 0.6) is 34.5 Å². The van der Waals surface area contributed by atoms with Crippen LogP contribution in [0, 0.1) is 0 Å². The number of ether oxygens (including phenoxy) is 4. The lowest BCUT2D eigenvalue weighted by molar-refractivity contribution is -0.123. The molecule has 4 aromatic rings. The van der Waals surface area contributed by atoms with Gasteiger partial charge in [0.1, 0.15) is 0 Å². The number of rotatable bonds is 16. The number of hydrogen-bond donors (Lipinski definition) is 4. The van der Waals surface area contributed by atoms with Crippen molar-refractivity contribution >= 4 is 75.2 Å². The standard InChI is InChI=1S/C43H45N7O8S2/c1-55-31-21-27(22-32(56-2)37(31)51)25-35-39(53)49(42(59-35)47-29-13-7-5-8-14-29)19-12-11-17-45-41(44)46-18-20-50-40(54)36(60-43(50)48-30-15-9-6-10-16-30)26-28-23-33(57-3)38(52)34(24-28)58-4/h5-10,13-16,21-26,51-52H,11-12,17-20H2,1-4H3,(H3,44,45,46)/b35-25-,36-26-,47-42?,48-43?. The van der Waals surface area contributed by atoms with Gasteiger partial charge in [-0.15, -0.1) is 0 Å². The number of nitrogens with zero attached hydrogens (tertiary/aromatic N) is 5. The first-order chi connectivity index (χ1) is 29.1. The van der Waals surface area contributed by atoms with Crippen molar-refractivity contribution in [1.29, 1.82) is 0 Å². The molecule has 0 saturated carbocycles. The summed E-state index contributed by atoms with van der Waals surface area (Å²) in [6.45, 7) is 1.36. The Bertz CT molecular complexity index is 2300. The Morgan fingerprint density at radius 3 is 1.50 bits per heavy atom. The minimum Gasteiger partial charge on any atom is -0.502 e.